The van der Waals surface area contributed by atoms with E-state index in [-0.39, 0.29) is 29.7 Å². The van der Waals surface area contributed by atoms with Crippen LogP contribution < -0.4 is 15.5 Å². The van der Waals surface area contributed by atoms with E-state index < -0.39 is 0 Å². The van der Waals surface area contributed by atoms with Gasteiger partial charge < -0.3 is 24.7 Å². The maximum Gasteiger partial charge on any atom is 0.310 e. The summed E-state index contributed by atoms with van der Waals surface area (Å²) in [4.78, 5) is 46.3. The Morgan fingerprint density at radius 3 is 2.65 bits per heavy atom. The molecular weight excluding hydrogens is 697 g/mol. The zero-order chi connectivity index (χ0) is 38.2. The first-order valence-corrected chi connectivity index (χ1v) is 19.0. The Hall–Kier alpha value is -5.84. The van der Waals surface area contributed by atoms with Crippen LogP contribution in [0.25, 0.3) is 33.7 Å². The summed E-state index contributed by atoms with van der Waals surface area (Å²) in [6.45, 7) is 8.03. The van der Waals surface area contributed by atoms with Crippen molar-refractivity contribution in [3.63, 3.8) is 0 Å². The lowest BCUT2D eigenvalue weighted by atomic mass is 9.92. The van der Waals surface area contributed by atoms with Crippen molar-refractivity contribution in [1.29, 1.82) is 5.26 Å². The molecule has 282 valence electrons. The van der Waals surface area contributed by atoms with Gasteiger partial charge in [-0.1, -0.05) is 24.3 Å². The molecule has 1 unspecified atom stereocenters. The van der Waals surface area contributed by atoms with Crippen LogP contribution in [0.1, 0.15) is 70.7 Å². The van der Waals surface area contributed by atoms with Crippen LogP contribution in [-0.2, 0) is 33.8 Å². The molecule has 3 aliphatic heterocycles. The summed E-state index contributed by atoms with van der Waals surface area (Å²) in [5.41, 5.74) is 9.70. The van der Waals surface area contributed by atoms with E-state index in [0.717, 1.165) is 77.1 Å². The highest BCUT2D eigenvalue weighted by Gasteiger charge is 2.32. The molecule has 1 fully saturated rings. The molecule has 0 spiro atoms. The summed E-state index contributed by atoms with van der Waals surface area (Å²) in [5, 5.41) is 21.1. The molecule has 5 heterocycles. The molecule has 55 heavy (non-hydrogen) atoms. The number of hydrogen-bond acceptors (Lipinski definition) is 10. The van der Waals surface area contributed by atoms with Crippen LogP contribution in [0.5, 0.6) is 0 Å². The monoisotopic (exact) mass is 740 g/mol. The molecule has 8 rings (SSSR count). The van der Waals surface area contributed by atoms with Crippen LogP contribution in [0, 0.1) is 24.2 Å². The molecule has 5 aromatic rings. The molecule has 1 saturated heterocycles. The Labute approximate surface area is 319 Å². The fourth-order valence-electron chi connectivity index (χ4n) is 8.45. The topological polar surface area (TPSA) is 159 Å². The molecule has 3 aliphatic rings. The van der Waals surface area contributed by atoms with E-state index in [1.165, 1.54) is 14.0 Å². The van der Waals surface area contributed by atoms with Crippen molar-refractivity contribution in [2.45, 2.75) is 58.7 Å². The number of rotatable bonds is 10. The normalized spacial score (nSPS) is 17.9. The average Bonchev–Trinajstić information content (AvgIpc) is 4.01. The number of fused-ring (bicyclic) bond motifs is 3. The number of anilines is 1. The van der Waals surface area contributed by atoms with E-state index in [4.69, 9.17) is 19.2 Å². The maximum atomic E-state index is 14.1. The second-order valence-electron chi connectivity index (χ2n) is 14.7. The van der Waals surface area contributed by atoms with Gasteiger partial charge in [-0.3, -0.25) is 24.0 Å². The second kappa shape index (κ2) is 15.1. The Morgan fingerprint density at radius 2 is 1.84 bits per heavy atom. The smallest absolute Gasteiger partial charge is 0.310 e. The fourth-order valence-corrected chi connectivity index (χ4v) is 8.45. The lowest BCUT2D eigenvalue weighted by Crippen LogP contribution is -2.34. The number of hydrogen-bond donors (Lipinski definition) is 2. The second-order valence-corrected chi connectivity index (χ2v) is 14.7. The third-order valence-corrected chi connectivity index (χ3v) is 11.2. The number of amides is 2. The van der Waals surface area contributed by atoms with Crippen molar-refractivity contribution in [3.05, 3.63) is 88.2 Å². The summed E-state index contributed by atoms with van der Waals surface area (Å²) in [6.07, 6.45) is 3.35. The van der Waals surface area contributed by atoms with Gasteiger partial charge in [0, 0.05) is 63.5 Å². The van der Waals surface area contributed by atoms with Gasteiger partial charge in [-0.2, -0.15) is 10.4 Å². The molecule has 0 aliphatic carbocycles. The number of esters is 1. The molecule has 2 amide bonds. The van der Waals surface area contributed by atoms with E-state index in [0.29, 0.717) is 67.4 Å². The van der Waals surface area contributed by atoms with Gasteiger partial charge in [-0.05, 0) is 97.3 Å². The SMILES string of the molecule is COC(=O)[C@@H]1CCN(Cc2cc(C#N)c3oc(-c4cccc(-c5cccc6c5CCN6C(=O)c5cc6n(n5)CCCC6NCCNC(C)=O)c4C)nc3c2)C1. The van der Waals surface area contributed by atoms with Gasteiger partial charge in [0.15, 0.2) is 11.3 Å². The Bertz CT molecular complexity index is 2360. The van der Waals surface area contributed by atoms with Crippen LogP contribution in [0.3, 0.4) is 0 Å². The molecule has 0 saturated carbocycles. The van der Waals surface area contributed by atoms with Gasteiger partial charge in [0.25, 0.3) is 5.91 Å². The van der Waals surface area contributed by atoms with Gasteiger partial charge in [0.05, 0.1) is 24.3 Å². The van der Waals surface area contributed by atoms with Crippen LogP contribution in [0.15, 0.2) is 59.0 Å². The average molecular weight is 741 g/mol. The highest BCUT2D eigenvalue weighted by atomic mass is 16.5. The van der Waals surface area contributed by atoms with Crippen molar-refractivity contribution in [2.75, 3.05) is 44.7 Å². The number of oxazole rings is 1. The maximum absolute atomic E-state index is 14.1. The summed E-state index contributed by atoms with van der Waals surface area (Å²) in [7, 11) is 1.42. The number of nitrogens with one attached hydrogen (secondary N) is 2. The minimum absolute atomic E-state index is 0.0554. The van der Waals surface area contributed by atoms with Gasteiger partial charge >= 0.3 is 5.97 Å². The summed E-state index contributed by atoms with van der Waals surface area (Å²) in [5.74, 6) is -0.0636. The van der Waals surface area contributed by atoms with Crippen molar-refractivity contribution in [3.8, 4) is 28.7 Å². The highest BCUT2D eigenvalue weighted by Crippen LogP contribution is 2.41. The number of carbonyl (C=O) groups excluding carboxylic acids is 3. The lowest BCUT2D eigenvalue weighted by molar-refractivity contribution is -0.145. The molecule has 2 atom stereocenters. The van der Waals surface area contributed by atoms with Gasteiger partial charge in [0.2, 0.25) is 11.8 Å². The van der Waals surface area contributed by atoms with Crippen LogP contribution >= 0.6 is 0 Å². The molecule has 0 radical (unpaired) electrons. The zero-order valence-corrected chi connectivity index (χ0v) is 31.4. The number of nitriles is 1. The van der Waals surface area contributed by atoms with Crippen LogP contribution in [0.2, 0.25) is 0 Å². The van der Waals surface area contributed by atoms with Gasteiger partial charge in [0.1, 0.15) is 11.6 Å². The molecule has 2 N–H and O–H groups in total. The number of methoxy groups -OCH3 is 1. The third-order valence-electron chi connectivity index (χ3n) is 11.2. The Morgan fingerprint density at radius 1 is 1.02 bits per heavy atom. The molecule has 13 heteroatoms. The number of carbonyl (C=O) groups is 3. The molecule has 0 bridgehead atoms. The standard InChI is InChI=1S/C42H44N8O5/c1-25-30(7-4-8-31(25)40-46-35-20-27(19-29(22-43)39(35)55-40)23-48-17-12-28(24-48)42(53)54-3)32-9-5-11-37-33(32)13-18-49(37)41(52)36-21-38-34(10-6-16-50(38)47-36)45-15-14-44-26(2)51/h4-5,7-9,11,19-21,28,34,45H,6,10,12-18,23-24H2,1-3H3,(H,44,51)/t28-,34?/m1/s1. The highest BCUT2D eigenvalue weighted by molar-refractivity contribution is 6.07. The van der Waals surface area contributed by atoms with E-state index in [9.17, 15) is 19.6 Å². The summed E-state index contributed by atoms with van der Waals surface area (Å²) >= 11 is 0. The number of aryl methyl sites for hydroxylation is 1. The number of likely N-dealkylation sites (tertiary alicyclic amines) is 1. The predicted octanol–water partition coefficient (Wildman–Crippen LogP) is 5.30. The Kier molecular flexibility index (Phi) is 9.94. The summed E-state index contributed by atoms with van der Waals surface area (Å²) < 4.78 is 13.2. The van der Waals surface area contributed by atoms with Crippen molar-refractivity contribution in [2.24, 2.45) is 5.92 Å². The largest absolute Gasteiger partial charge is 0.469 e. The van der Waals surface area contributed by atoms with E-state index in [1.54, 1.807) is 0 Å². The molecular formula is C42H44N8O5. The first-order chi connectivity index (χ1) is 26.7. The molecule has 13 nitrogen and oxygen atoms in total. The van der Waals surface area contributed by atoms with Crippen molar-refractivity contribution in [1.82, 2.24) is 30.3 Å². The molecule has 3 aromatic carbocycles. The van der Waals surface area contributed by atoms with Crippen LogP contribution in [0.4, 0.5) is 5.69 Å². The Balaban J connectivity index is 1.04. The van der Waals surface area contributed by atoms with Gasteiger partial charge in [-0.25, -0.2) is 4.98 Å². The fraction of sp³-hybridized carbons (Fsp3) is 0.381. The first-order valence-electron chi connectivity index (χ1n) is 19.0. The third kappa shape index (κ3) is 6.99. The van der Waals surface area contributed by atoms with E-state index in [1.807, 2.05) is 52.0 Å². The minimum Gasteiger partial charge on any atom is -0.469 e. The first kappa shape index (κ1) is 36.2. The lowest BCUT2D eigenvalue weighted by Gasteiger charge is -2.24. The molecule has 2 aromatic heterocycles. The van der Waals surface area contributed by atoms with Crippen molar-refractivity contribution >= 4 is 34.6 Å². The van der Waals surface area contributed by atoms with Gasteiger partial charge in [-0.15, -0.1) is 0 Å². The van der Waals surface area contributed by atoms with E-state index >= 15 is 0 Å². The van der Waals surface area contributed by atoms with E-state index in [2.05, 4.69) is 40.7 Å². The summed E-state index contributed by atoms with van der Waals surface area (Å²) in [6, 6.07) is 20.2. The zero-order valence-electron chi connectivity index (χ0n) is 31.4. The van der Waals surface area contributed by atoms with Crippen LogP contribution in [-0.4, -0.2) is 77.3 Å². The quantitative estimate of drug-likeness (QED) is 0.142. The number of benzene rings is 3. The number of aromatic nitrogens is 3. The predicted molar refractivity (Wildman–Crippen MR) is 206 cm³/mol. The number of ether oxygens (including phenoxy) is 1. The minimum atomic E-state index is -0.187. The number of nitrogens with zero attached hydrogens (tertiary/aromatic N) is 6. The van der Waals surface area contributed by atoms with Crippen molar-refractivity contribution < 1.29 is 23.5 Å².